The van der Waals surface area contributed by atoms with Gasteiger partial charge in [-0.05, 0) is 103 Å². The minimum Gasteiger partial charge on any atom is -0.377 e. The molecule has 370 valence electrons. The van der Waals surface area contributed by atoms with Crippen molar-refractivity contribution in [2.75, 3.05) is 104 Å². The van der Waals surface area contributed by atoms with Gasteiger partial charge < -0.3 is 50.8 Å². The maximum Gasteiger partial charge on any atom is 0.319 e. The Morgan fingerprint density at radius 1 is 0.652 bits per heavy atom. The monoisotopic (exact) mass is 945 g/mol. The van der Waals surface area contributed by atoms with Crippen molar-refractivity contribution in [3.63, 3.8) is 0 Å². The lowest BCUT2D eigenvalue weighted by Crippen LogP contribution is -2.45. The number of ether oxygens (including phenoxy) is 2. The molecule has 2 atom stereocenters. The van der Waals surface area contributed by atoms with E-state index in [9.17, 15) is 9.59 Å². The number of morpholine rings is 2. The van der Waals surface area contributed by atoms with Crippen LogP contribution in [-0.2, 0) is 35.2 Å². The van der Waals surface area contributed by atoms with Crippen molar-refractivity contribution in [3.05, 3.63) is 89.1 Å². The lowest BCUT2D eigenvalue weighted by molar-refractivity contribution is 0.0984. The zero-order valence-corrected chi connectivity index (χ0v) is 39.4. The fourth-order valence-electron chi connectivity index (χ4n) is 8.84. The van der Waals surface area contributed by atoms with Crippen molar-refractivity contribution in [3.8, 4) is 22.8 Å². The Morgan fingerprint density at radius 2 is 1.14 bits per heavy atom. The first-order chi connectivity index (χ1) is 32.7. The molecule has 5 N–H and O–H groups in total. The van der Waals surface area contributed by atoms with E-state index in [0.717, 1.165) is 134 Å². The number of urea groups is 2. The van der Waals surface area contributed by atoms with E-state index in [-0.39, 0.29) is 39.0 Å². The fraction of sp³-hybridized carbons (Fsp3) is 0.490. The molecular weight excluding hydrogens is 873 g/mol. The molecular formula is C51H72N14O4. The summed E-state index contributed by atoms with van der Waals surface area (Å²) >= 11 is 0. The topological polar surface area (TPSA) is 200 Å². The third kappa shape index (κ3) is 13.0. The van der Waals surface area contributed by atoms with Gasteiger partial charge in [0.05, 0.1) is 49.9 Å². The van der Waals surface area contributed by atoms with Crippen LogP contribution in [0.5, 0.6) is 0 Å². The summed E-state index contributed by atoms with van der Waals surface area (Å²) in [5, 5.41) is 14.6. The number of fused-ring (bicyclic) bond motifs is 2. The van der Waals surface area contributed by atoms with Crippen LogP contribution in [0.4, 0.5) is 38.4 Å². The maximum atomic E-state index is 11.9. The summed E-state index contributed by atoms with van der Waals surface area (Å²) in [5.41, 5.74) is 8.96. The number of hydrogen-bond donors (Lipinski definition) is 5. The number of hydrogen-bond acceptors (Lipinski definition) is 14. The van der Waals surface area contributed by atoms with Crippen LogP contribution in [0.1, 0.15) is 70.8 Å². The Hall–Kier alpha value is -6.50. The molecule has 4 aliphatic heterocycles. The van der Waals surface area contributed by atoms with Gasteiger partial charge in [-0.2, -0.15) is 0 Å². The predicted octanol–water partition coefficient (Wildman–Crippen LogP) is 6.68. The van der Waals surface area contributed by atoms with Crippen LogP contribution < -0.4 is 41.3 Å². The SMILES string of the molecule is C.C.CCNC(=O)Nc1ccc(-c2nc3c(c(N4CCOC[C@@H]4C)n2)CCN(c2cc(C)ncn2)CC3)cc1.CCNC(=O)Nc1ccc(-c2nc3c(c(N4CCOC[C@@H]4C)n2)CCNCC3)cc1. The molecule has 2 saturated heterocycles. The van der Waals surface area contributed by atoms with E-state index in [1.165, 1.54) is 11.1 Å². The van der Waals surface area contributed by atoms with Gasteiger partial charge in [-0.1, -0.05) is 14.9 Å². The van der Waals surface area contributed by atoms with Gasteiger partial charge >= 0.3 is 12.1 Å². The van der Waals surface area contributed by atoms with Crippen LogP contribution in [0.15, 0.2) is 60.9 Å². The second kappa shape index (κ2) is 24.7. The molecule has 0 spiro atoms. The molecule has 0 saturated carbocycles. The highest BCUT2D eigenvalue weighted by Gasteiger charge is 2.29. The summed E-state index contributed by atoms with van der Waals surface area (Å²) in [7, 11) is 0. The molecule has 0 radical (unpaired) electrons. The number of anilines is 5. The van der Waals surface area contributed by atoms with Gasteiger partial charge in [-0.25, -0.2) is 39.5 Å². The molecule has 4 aliphatic rings. The summed E-state index contributed by atoms with van der Waals surface area (Å²) in [6.07, 6.45) is 5.10. The molecule has 7 heterocycles. The number of carbonyl (C=O) groups excluding carboxylic acids is 2. The van der Waals surface area contributed by atoms with Crippen LogP contribution >= 0.6 is 0 Å². The zero-order chi connectivity index (χ0) is 46.7. The molecule has 3 aromatic heterocycles. The standard InChI is InChI=1S/C27H34N8O2.C22H30N6O2.2CH4/c1-4-28-27(36)31-21-7-5-20(6-8-21)25-32-23-10-12-34(24-15-18(2)29-17-30-24)11-9-22(23)26(33-25)35-13-14-37-16-19(35)3;1-3-24-22(29)25-17-6-4-16(5-7-17)20-26-19-9-11-23-10-8-18(19)21(27-20)28-12-13-30-14-15(28)2;;/h5-8,15,17,19H,4,9-14,16H2,1-3H3,(H2,28,31,36);4-7,15,23H,3,8-14H2,1-2H3,(H2,24,25,29);2*1H4/t19-;15-;;/m00../s1. The highest BCUT2D eigenvalue weighted by atomic mass is 16.5. The minimum atomic E-state index is -0.219. The zero-order valence-electron chi connectivity index (χ0n) is 39.4. The van der Waals surface area contributed by atoms with Crippen LogP contribution in [0.25, 0.3) is 22.8 Å². The van der Waals surface area contributed by atoms with E-state index in [4.69, 9.17) is 29.4 Å². The third-order valence-corrected chi connectivity index (χ3v) is 12.4. The second-order valence-electron chi connectivity index (χ2n) is 17.2. The molecule has 5 aromatic rings. The minimum absolute atomic E-state index is 0. The van der Waals surface area contributed by atoms with Gasteiger partial charge in [0.1, 0.15) is 23.8 Å². The van der Waals surface area contributed by atoms with Crippen LogP contribution in [0.2, 0.25) is 0 Å². The van der Waals surface area contributed by atoms with E-state index in [1.807, 2.05) is 75.4 Å². The summed E-state index contributed by atoms with van der Waals surface area (Å²) in [6.45, 7) is 19.3. The maximum absolute atomic E-state index is 11.9. The smallest absolute Gasteiger partial charge is 0.319 e. The molecule has 18 heteroatoms. The number of amides is 4. The van der Waals surface area contributed by atoms with E-state index in [0.29, 0.717) is 38.7 Å². The normalized spacial score (nSPS) is 17.7. The lowest BCUT2D eigenvalue weighted by Gasteiger charge is -2.36. The molecule has 9 rings (SSSR count). The number of carbonyl (C=O) groups is 2. The number of nitrogens with zero attached hydrogens (tertiary/aromatic N) is 9. The van der Waals surface area contributed by atoms with Gasteiger partial charge in [-0.15, -0.1) is 0 Å². The molecule has 4 amide bonds. The lowest BCUT2D eigenvalue weighted by atomic mass is 10.1. The molecule has 69 heavy (non-hydrogen) atoms. The van der Waals surface area contributed by atoms with E-state index in [1.54, 1.807) is 6.33 Å². The van der Waals surface area contributed by atoms with Crippen molar-refractivity contribution >= 4 is 40.9 Å². The van der Waals surface area contributed by atoms with Gasteiger partial charge in [0, 0.05) is 104 Å². The van der Waals surface area contributed by atoms with Crippen molar-refractivity contribution in [2.45, 2.75) is 87.2 Å². The largest absolute Gasteiger partial charge is 0.377 e. The highest BCUT2D eigenvalue weighted by Crippen LogP contribution is 2.33. The molecule has 0 unspecified atom stereocenters. The molecule has 2 aromatic carbocycles. The average Bonchev–Trinajstić information content (AvgIpc) is 3.72. The summed E-state index contributed by atoms with van der Waals surface area (Å²) in [4.78, 5) is 59.6. The fourth-order valence-corrected chi connectivity index (χ4v) is 8.84. The molecule has 2 fully saturated rings. The van der Waals surface area contributed by atoms with Crippen molar-refractivity contribution < 1.29 is 19.1 Å². The first-order valence-electron chi connectivity index (χ1n) is 23.7. The van der Waals surface area contributed by atoms with E-state index < -0.39 is 0 Å². The van der Waals surface area contributed by atoms with Gasteiger partial charge in [-0.3, -0.25) is 0 Å². The van der Waals surface area contributed by atoms with Gasteiger partial charge in [0.15, 0.2) is 11.6 Å². The molecule has 0 aliphatic carbocycles. The first kappa shape index (κ1) is 51.9. The summed E-state index contributed by atoms with van der Waals surface area (Å²) in [6, 6.07) is 17.5. The number of aryl methyl sites for hydroxylation is 1. The van der Waals surface area contributed by atoms with E-state index in [2.05, 4.69) is 65.1 Å². The quantitative estimate of drug-likeness (QED) is 0.105. The molecule has 0 bridgehead atoms. The van der Waals surface area contributed by atoms with Crippen molar-refractivity contribution in [1.82, 2.24) is 45.9 Å². The van der Waals surface area contributed by atoms with Crippen LogP contribution in [0, 0.1) is 6.92 Å². The van der Waals surface area contributed by atoms with E-state index >= 15 is 0 Å². The Labute approximate surface area is 407 Å². The number of nitrogens with one attached hydrogen (secondary N) is 5. The summed E-state index contributed by atoms with van der Waals surface area (Å²) < 4.78 is 11.4. The van der Waals surface area contributed by atoms with Gasteiger partial charge in [0.2, 0.25) is 0 Å². The second-order valence-corrected chi connectivity index (χ2v) is 17.2. The Balaban J connectivity index is 0.000000225. The van der Waals surface area contributed by atoms with Crippen LogP contribution in [-0.4, -0.2) is 133 Å². The van der Waals surface area contributed by atoms with Crippen molar-refractivity contribution in [2.24, 2.45) is 0 Å². The third-order valence-electron chi connectivity index (χ3n) is 12.4. The summed E-state index contributed by atoms with van der Waals surface area (Å²) in [5.74, 6) is 4.42. The number of aromatic nitrogens is 6. The molecule has 18 nitrogen and oxygen atoms in total. The van der Waals surface area contributed by atoms with Crippen LogP contribution in [0.3, 0.4) is 0 Å². The predicted molar refractivity (Wildman–Crippen MR) is 276 cm³/mol. The first-order valence-corrected chi connectivity index (χ1v) is 23.7. The number of rotatable bonds is 9. The Morgan fingerprint density at radius 3 is 1.65 bits per heavy atom. The average molecular weight is 945 g/mol. The number of benzene rings is 2. The highest BCUT2D eigenvalue weighted by molar-refractivity contribution is 5.90. The van der Waals surface area contributed by atoms with Crippen molar-refractivity contribution in [1.29, 1.82) is 0 Å². The van der Waals surface area contributed by atoms with Gasteiger partial charge in [0.25, 0.3) is 0 Å². The Kier molecular flexibility index (Phi) is 18.6. The Bertz CT molecular complexity index is 2470.